The summed E-state index contributed by atoms with van der Waals surface area (Å²) in [6.45, 7) is 2.23. The van der Waals surface area contributed by atoms with Crippen molar-refractivity contribution in [2.45, 2.75) is 31.4 Å². The van der Waals surface area contributed by atoms with Crippen molar-refractivity contribution in [2.75, 3.05) is 5.75 Å². The molecular formula is C15H16N2O2S. The van der Waals surface area contributed by atoms with Crippen molar-refractivity contribution in [1.82, 2.24) is 9.78 Å². The highest BCUT2D eigenvalue weighted by atomic mass is 32.2. The second kappa shape index (κ2) is 5.71. The number of carbonyl (C=O) groups is 1. The van der Waals surface area contributed by atoms with E-state index >= 15 is 0 Å². The molecule has 0 atom stereocenters. The SMILES string of the molecule is Cc1nn(C(=O)OCc2ccccc2)c2c1CCCS2. The van der Waals surface area contributed by atoms with E-state index in [9.17, 15) is 4.79 Å². The Morgan fingerprint density at radius 3 is 3.00 bits per heavy atom. The van der Waals surface area contributed by atoms with E-state index in [2.05, 4.69) is 5.10 Å². The van der Waals surface area contributed by atoms with Crippen molar-refractivity contribution in [2.24, 2.45) is 0 Å². The number of hydrogen-bond acceptors (Lipinski definition) is 4. The van der Waals surface area contributed by atoms with Crippen LogP contribution in [0.2, 0.25) is 0 Å². The van der Waals surface area contributed by atoms with Gasteiger partial charge in [-0.2, -0.15) is 9.78 Å². The number of aromatic nitrogens is 2. The molecule has 0 saturated heterocycles. The second-order valence-electron chi connectivity index (χ2n) is 4.77. The zero-order valence-corrected chi connectivity index (χ0v) is 12.2. The average Bonchev–Trinajstić information content (AvgIpc) is 2.84. The van der Waals surface area contributed by atoms with Crippen LogP contribution in [0, 0.1) is 6.92 Å². The Morgan fingerprint density at radius 1 is 1.40 bits per heavy atom. The third kappa shape index (κ3) is 2.58. The lowest BCUT2D eigenvalue weighted by molar-refractivity contribution is 0.135. The molecule has 2 heterocycles. The van der Waals surface area contributed by atoms with Crippen LogP contribution in [-0.4, -0.2) is 21.6 Å². The quantitative estimate of drug-likeness (QED) is 0.849. The van der Waals surface area contributed by atoms with Crippen molar-refractivity contribution in [1.29, 1.82) is 0 Å². The fourth-order valence-corrected chi connectivity index (χ4v) is 3.44. The van der Waals surface area contributed by atoms with E-state index in [4.69, 9.17) is 4.74 Å². The van der Waals surface area contributed by atoms with Crippen LogP contribution in [0.3, 0.4) is 0 Å². The van der Waals surface area contributed by atoms with Gasteiger partial charge in [0.05, 0.1) is 5.69 Å². The first-order chi connectivity index (χ1) is 9.75. The lowest BCUT2D eigenvalue weighted by atomic mass is 10.1. The summed E-state index contributed by atoms with van der Waals surface area (Å²) in [4.78, 5) is 12.2. The van der Waals surface area contributed by atoms with Gasteiger partial charge >= 0.3 is 6.09 Å². The van der Waals surface area contributed by atoms with Crippen LogP contribution in [0.5, 0.6) is 0 Å². The molecular weight excluding hydrogens is 272 g/mol. The van der Waals surface area contributed by atoms with Crippen LogP contribution in [0.25, 0.3) is 0 Å². The van der Waals surface area contributed by atoms with Gasteiger partial charge in [-0.3, -0.25) is 0 Å². The van der Waals surface area contributed by atoms with Gasteiger partial charge in [0.25, 0.3) is 0 Å². The molecule has 0 fully saturated rings. The Balaban J connectivity index is 1.74. The van der Waals surface area contributed by atoms with E-state index in [0.29, 0.717) is 0 Å². The predicted octanol–water partition coefficient (Wildman–Crippen LogP) is 3.41. The van der Waals surface area contributed by atoms with Crippen molar-refractivity contribution in [3.05, 3.63) is 47.2 Å². The number of ether oxygens (including phenoxy) is 1. The maximum Gasteiger partial charge on any atom is 0.436 e. The van der Waals surface area contributed by atoms with E-state index < -0.39 is 6.09 Å². The van der Waals surface area contributed by atoms with Crippen molar-refractivity contribution in [3.8, 4) is 0 Å². The number of nitrogens with zero attached hydrogens (tertiary/aromatic N) is 2. The van der Waals surface area contributed by atoms with E-state index in [1.807, 2.05) is 37.3 Å². The van der Waals surface area contributed by atoms with Gasteiger partial charge in [-0.25, -0.2) is 4.79 Å². The summed E-state index contributed by atoms with van der Waals surface area (Å²) in [5, 5.41) is 5.28. The molecule has 5 heteroatoms. The fourth-order valence-electron chi connectivity index (χ4n) is 2.30. The summed E-state index contributed by atoms with van der Waals surface area (Å²) >= 11 is 1.69. The third-order valence-corrected chi connectivity index (χ3v) is 4.51. The summed E-state index contributed by atoms with van der Waals surface area (Å²) < 4.78 is 6.76. The lowest BCUT2D eigenvalue weighted by Crippen LogP contribution is -2.17. The van der Waals surface area contributed by atoms with E-state index in [0.717, 1.165) is 34.9 Å². The van der Waals surface area contributed by atoms with Crippen molar-refractivity contribution in [3.63, 3.8) is 0 Å². The highest BCUT2D eigenvalue weighted by molar-refractivity contribution is 7.99. The van der Waals surface area contributed by atoms with Gasteiger partial charge in [0, 0.05) is 5.56 Å². The average molecular weight is 288 g/mol. The first-order valence-electron chi connectivity index (χ1n) is 6.68. The van der Waals surface area contributed by atoms with Crippen LogP contribution >= 0.6 is 11.8 Å². The standard InChI is InChI=1S/C15H16N2O2S/c1-11-13-8-5-9-20-14(13)17(16-11)15(18)19-10-12-6-3-2-4-7-12/h2-4,6-7H,5,8-10H2,1H3. The number of thioether (sulfide) groups is 1. The molecule has 0 radical (unpaired) electrons. The molecule has 1 aromatic heterocycles. The minimum Gasteiger partial charge on any atom is -0.443 e. The summed E-state index contributed by atoms with van der Waals surface area (Å²) in [6, 6.07) is 9.67. The molecule has 0 amide bonds. The Morgan fingerprint density at radius 2 is 2.20 bits per heavy atom. The van der Waals surface area contributed by atoms with Crippen LogP contribution in [-0.2, 0) is 17.8 Å². The first kappa shape index (κ1) is 13.2. The Bertz CT molecular complexity index is 622. The topological polar surface area (TPSA) is 44.1 Å². The van der Waals surface area contributed by atoms with Gasteiger partial charge in [0.15, 0.2) is 0 Å². The minimum atomic E-state index is -0.396. The summed E-state index contributed by atoms with van der Waals surface area (Å²) in [5.41, 5.74) is 3.10. The number of rotatable bonds is 2. The smallest absolute Gasteiger partial charge is 0.436 e. The molecule has 1 aliphatic heterocycles. The van der Waals surface area contributed by atoms with Crippen molar-refractivity contribution < 1.29 is 9.53 Å². The summed E-state index contributed by atoms with van der Waals surface area (Å²) in [5.74, 6) is 1.03. The van der Waals surface area contributed by atoms with Gasteiger partial charge in [-0.15, -0.1) is 11.8 Å². The van der Waals surface area contributed by atoms with Gasteiger partial charge in [0.2, 0.25) is 0 Å². The molecule has 0 saturated carbocycles. The molecule has 20 heavy (non-hydrogen) atoms. The largest absolute Gasteiger partial charge is 0.443 e. The molecule has 0 spiro atoms. The minimum absolute atomic E-state index is 0.276. The molecule has 1 aromatic carbocycles. The molecule has 104 valence electrons. The molecule has 1 aliphatic rings. The van der Waals surface area contributed by atoms with Crippen LogP contribution in [0.4, 0.5) is 4.79 Å². The van der Waals surface area contributed by atoms with E-state index in [-0.39, 0.29) is 6.61 Å². The number of carbonyl (C=O) groups excluding carboxylic acids is 1. The first-order valence-corrected chi connectivity index (χ1v) is 7.66. The maximum absolute atomic E-state index is 12.2. The molecule has 3 rings (SSSR count). The maximum atomic E-state index is 12.2. The monoisotopic (exact) mass is 288 g/mol. The predicted molar refractivity (Wildman–Crippen MR) is 78.0 cm³/mol. The highest BCUT2D eigenvalue weighted by Crippen LogP contribution is 2.32. The summed E-state index contributed by atoms with van der Waals surface area (Å²) in [6.07, 6.45) is 1.75. The Hall–Kier alpha value is -1.75. The van der Waals surface area contributed by atoms with Gasteiger partial charge in [-0.05, 0) is 31.1 Å². The summed E-state index contributed by atoms with van der Waals surface area (Å²) in [7, 11) is 0. The molecule has 2 aromatic rings. The molecule has 0 unspecified atom stereocenters. The fraction of sp³-hybridized carbons (Fsp3) is 0.333. The normalized spacial score (nSPS) is 13.8. The number of benzene rings is 1. The van der Waals surface area contributed by atoms with Crippen LogP contribution < -0.4 is 0 Å². The van der Waals surface area contributed by atoms with Gasteiger partial charge in [0.1, 0.15) is 11.6 Å². The third-order valence-electron chi connectivity index (χ3n) is 3.33. The molecule has 4 nitrogen and oxygen atoms in total. The highest BCUT2D eigenvalue weighted by Gasteiger charge is 2.23. The number of aryl methyl sites for hydroxylation is 1. The second-order valence-corrected chi connectivity index (χ2v) is 5.86. The molecule has 0 bridgehead atoms. The zero-order chi connectivity index (χ0) is 13.9. The Kier molecular flexibility index (Phi) is 3.78. The molecule has 0 N–H and O–H groups in total. The van der Waals surface area contributed by atoms with Crippen molar-refractivity contribution >= 4 is 17.9 Å². The number of hydrogen-bond donors (Lipinski definition) is 0. The van der Waals surface area contributed by atoms with Crippen LogP contribution in [0.15, 0.2) is 35.4 Å². The van der Waals surface area contributed by atoms with Gasteiger partial charge < -0.3 is 4.74 Å². The van der Waals surface area contributed by atoms with Crippen LogP contribution in [0.1, 0.15) is 23.2 Å². The van der Waals surface area contributed by atoms with E-state index in [1.54, 1.807) is 11.8 Å². The Labute approximate surface area is 122 Å². The lowest BCUT2D eigenvalue weighted by Gasteiger charge is -2.12. The molecule has 0 aliphatic carbocycles. The zero-order valence-electron chi connectivity index (χ0n) is 11.3. The van der Waals surface area contributed by atoms with Gasteiger partial charge in [-0.1, -0.05) is 30.3 Å². The number of fused-ring (bicyclic) bond motifs is 1. The van der Waals surface area contributed by atoms with E-state index in [1.165, 1.54) is 10.2 Å².